The molecule has 1 aliphatic carbocycles. The number of hydrogen-bond acceptors (Lipinski definition) is 4. The first-order valence-corrected chi connectivity index (χ1v) is 10.8. The molecule has 4 rings (SSSR count). The third-order valence-corrected chi connectivity index (χ3v) is 6.36. The van der Waals surface area contributed by atoms with Crippen molar-refractivity contribution in [2.45, 2.75) is 51.2 Å². The van der Waals surface area contributed by atoms with Crippen LogP contribution in [-0.4, -0.2) is 53.9 Å². The van der Waals surface area contributed by atoms with Crippen molar-refractivity contribution < 1.29 is 14.7 Å². The summed E-state index contributed by atoms with van der Waals surface area (Å²) in [7, 11) is 1.71. The number of aliphatic hydroxyl groups excluding tert-OH is 1. The van der Waals surface area contributed by atoms with Crippen LogP contribution < -0.4 is 4.90 Å². The first-order valence-electron chi connectivity index (χ1n) is 10.8. The molecule has 2 aliphatic rings. The van der Waals surface area contributed by atoms with Gasteiger partial charge in [-0.25, -0.2) is 0 Å². The third kappa shape index (κ3) is 3.88. The summed E-state index contributed by atoms with van der Waals surface area (Å²) < 4.78 is 0. The molecule has 0 spiro atoms. The van der Waals surface area contributed by atoms with Gasteiger partial charge in [0, 0.05) is 25.6 Å². The second-order valence-corrected chi connectivity index (χ2v) is 8.48. The van der Waals surface area contributed by atoms with Crippen LogP contribution in [0.5, 0.6) is 0 Å². The molecule has 31 heavy (non-hydrogen) atoms. The highest BCUT2D eigenvalue weighted by Gasteiger charge is 2.39. The average Bonchev–Trinajstić information content (AvgIpc) is 2.75. The Bertz CT molecular complexity index is 1080. The number of nitrogens with zero attached hydrogens (tertiary/aromatic N) is 3. The van der Waals surface area contributed by atoms with Gasteiger partial charge in [0.15, 0.2) is 0 Å². The monoisotopic (exact) mass is 419 g/mol. The van der Waals surface area contributed by atoms with Gasteiger partial charge in [-0.05, 0) is 41.9 Å². The third-order valence-electron chi connectivity index (χ3n) is 6.36. The Morgan fingerprint density at radius 2 is 1.97 bits per heavy atom. The van der Waals surface area contributed by atoms with Gasteiger partial charge in [-0.1, -0.05) is 43.7 Å². The maximum atomic E-state index is 13.7. The summed E-state index contributed by atoms with van der Waals surface area (Å²) in [5.41, 5.74) is 2.99. The number of fused-ring (bicyclic) bond motifs is 3. The molecule has 6 nitrogen and oxygen atoms in total. The summed E-state index contributed by atoms with van der Waals surface area (Å²) in [5.74, 6) is -0.246. The number of carbonyl (C=O) groups excluding carboxylic acids is 2. The van der Waals surface area contributed by atoms with Crippen molar-refractivity contribution in [2.75, 3.05) is 18.6 Å². The summed E-state index contributed by atoms with van der Waals surface area (Å²) in [6, 6.07) is 9.49. The summed E-state index contributed by atoms with van der Waals surface area (Å²) in [6.07, 6.45) is 5.08. The highest BCUT2D eigenvalue weighted by atomic mass is 16.3. The largest absolute Gasteiger partial charge is 0.391 e. The fourth-order valence-electron chi connectivity index (χ4n) is 4.92. The molecule has 1 heterocycles. The zero-order chi connectivity index (χ0) is 22.1. The molecular formula is C25H29N3O3. The van der Waals surface area contributed by atoms with Crippen molar-refractivity contribution in [1.29, 1.82) is 0 Å². The second-order valence-electron chi connectivity index (χ2n) is 8.48. The molecule has 2 aromatic rings. The van der Waals surface area contributed by atoms with E-state index < -0.39 is 6.10 Å². The fraction of sp³-hybridized carbons (Fsp3) is 0.400. The number of amides is 2. The van der Waals surface area contributed by atoms with Crippen molar-refractivity contribution in [3.8, 4) is 0 Å². The molecule has 2 amide bonds. The molecule has 6 heteroatoms. The van der Waals surface area contributed by atoms with Crippen molar-refractivity contribution >= 4 is 34.5 Å². The zero-order valence-corrected chi connectivity index (χ0v) is 18.2. The molecule has 1 N–H and O–H groups in total. The Morgan fingerprint density at radius 3 is 2.65 bits per heavy atom. The van der Waals surface area contributed by atoms with Crippen molar-refractivity contribution in [3.63, 3.8) is 0 Å². The predicted octanol–water partition coefficient (Wildman–Crippen LogP) is 3.71. The van der Waals surface area contributed by atoms with E-state index in [0.29, 0.717) is 24.1 Å². The number of allylic oxidation sites excluding steroid dienone is 1. The number of rotatable bonds is 4. The number of hydrogen-bond donors (Lipinski definition) is 1. The first-order chi connectivity index (χ1) is 14.9. The normalized spacial score (nSPS) is 21.6. The minimum absolute atomic E-state index is 0.121. The molecular weight excluding hydrogens is 390 g/mol. The summed E-state index contributed by atoms with van der Waals surface area (Å²) in [5, 5.41) is 12.5. The number of aliphatic hydroxyl groups is 1. The Kier molecular flexibility index (Phi) is 5.92. The van der Waals surface area contributed by atoms with Gasteiger partial charge < -0.3 is 10.0 Å². The minimum atomic E-state index is -0.562. The van der Waals surface area contributed by atoms with E-state index in [4.69, 9.17) is 0 Å². The summed E-state index contributed by atoms with van der Waals surface area (Å²) >= 11 is 0. The molecule has 2 aromatic carbocycles. The minimum Gasteiger partial charge on any atom is -0.391 e. The Labute approximate surface area is 182 Å². The maximum Gasteiger partial charge on any atom is 0.257 e. The van der Waals surface area contributed by atoms with Crippen LogP contribution in [0.25, 0.3) is 10.8 Å². The van der Waals surface area contributed by atoms with Crippen LogP contribution in [-0.2, 0) is 11.2 Å². The summed E-state index contributed by atoms with van der Waals surface area (Å²) in [4.78, 5) is 33.7. The van der Waals surface area contributed by atoms with Crippen molar-refractivity contribution in [3.05, 3.63) is 53.6 Å². The molecule has 0 unspecified atom stereocenters. The van der Waals surface area contributed by atoms with Crippen LogP contribution in [0, 0.1) is 0 Å². The number of benzene rings is 2. The lowest BCUT2D eigenvalue weighted by Crippen LogP contribution is -2.56. The van der Waals surface area contributed by atoms with Crippen LogP contribution in [0.4, 0.5) is 5.69 Å². The lowest BCUT2D eigenvalue weighted by Gasteiger charge is -2.44. The predicted molar refractivity (Wildman–Crippen MR) is 124 cm³/mol. The molecule has 0 aromatic heterocycles. The quantitative estimate of drug-likeness (QED) is 0.768. The van der Waals surface area contributed by atoms with E-state index in [1.807, 2.05) is 30.3 Å². The van der Waals surface area contributed by atoms with Crippen LogP contribution in [0.2, 0.25) is 0 Å². The Hall–Kier alpha value is -2.99. The van der Waals surface area contributed by atoms with Gasteiger partial charge in [-0.2, -0.15) is 0 Å². The van der Waals surface area contributed by atoms with Crippen molar-refractivity contribution in [2.24, 2.45) is 4.99 Å². The lowest BCUT2D eigenvalue weighted by molar-refractivity contribution is -0.117. The van der Waals surface area contributed by atoms with Crippen LogP contribution >= 0.6 is 0 Å². The van der Waals surface area contributed by atoms with E-state index in [0.717, 1.165) is 41.2 Å². The summed E-state index contributed by atoms with van der Waals surface area (Å²) in [6.45, 7) is 5.77. The molecule has 2 atom stereocenters. The fourth-order valence-corrected chi connectivity index (χ4v) is 4.92. The molecule has 162 valence electrons. The number of carbonyl (C=O) groups is 2. The number of anilines is 1. The van der Waals surface area contributed by atoms with Gasteiger partial charge in [0.2, 0.25) is 5.91 Å². The smallest absolute Gasteiger partial charge is 0.257 e. The molecule has 1 aliphatic heterocycles. The molecule has 1 fully saturated rings. The maximum absolute atomic E-state index is 13.7. The molecule has 0 saturated heterocycles. The van der Waals surface area contributed by atoms with E-state index in [2.05, 4.69) is 11.6 Å². The highest BCUT2D eigenvalue weighted by Crippen LogP contribution is 2.39. The second kappa shape index (κ2) is 8.63. The van der Waals surface area contributed by atoms with E-state index >= 15 is 0 Å². The van der Waals surface area contributed by atoms with Crippen LogP contribution in [0.15, 0.2) is 47.5 Å². The average molecular weight is 420 g/mol. The van der Waals surface area contributed by atoms with E-state index in [-0.39, 0.29) is 24.5 Å². The molecule has 1 saturated carbocycles. The van der Waals surface area contributed by atoms with Crippen LogP contribution in [0.1, 0.15) is 48.5 Å². The SMILES string of the molecule is C=C(C=NC)Cc1cc2c(c3ccccc13)N(C(C)=O)CN([C@H]1CCCC[C@@H]1O)C2=O. The van der Waals surface area contributed by atoms with Crippen LogP contribution in [0.3, 0.4) is 0 Å². The van der Waals surface area contributed by atoms with Gasteiger partial charge in [-0.3, -0.25) is 19.5 Å². The van der Waals surface area contributed by atoms with E-state index in [1.165, 1.54) is 6.92 Å². The highest BCUT2D eigenvalue weighted by molar-refractivity contribution is 6.16. The van der Waals surface area contributed by atoms with Gasteiger partial charge in [0.05, 0.1) is 23.4 Å². The van der Waals surface area contributed by atoms with E-state index in [1.54, 1.807) is 23.1 Å². The van der Waals surface area contributed by atoms with Gasteiger partial charge in [0.25, 0.3) is 5.91 Å². The van der Waals surface area contributed by atoms with Gasteiger partial charge in [0.1, 0.15) is 6.67 Å². The van der Waals surface area contributed by atoms with Gasteiger partial charge in [-0.15, -0.1) is 0 Å². The Balaban J connectivity index is 1.88. The van der Waals surface area contributed by atoms with Gasteiger partial charge >= 0.3 is 0 Å². The Morgan fingerprint density at radius 1 is 1.26 bits per heavy atom. The first kappa shape index (κ1) is 21.2. The molecule has 0 radical (unpaired) electrons. The number of aliphatic imine (C=N–C) groups is 1. The van der Waals surface area contributed by atoms with Crippen molar-refractivity contribution in [1.82, 2.24) is 4.90 Å². The topological polar surface area (TPSA) is 73.2 Å². The lowest BCUT2D eigenvalue weighted by atomic mass is 9.89. The standard InChI is InChI=1S/C25H29N3O3/c1-16(14-26-3)12-18-13-21-24(20-9-5-4-8-19(18)20)27(17(2)29)15-28(25(21)31)22-10-6-7-11-23(22)30/h4-5,8-9,13-14,22-23,30H,1,6-7,10-12,15H2,2-3H3/t22-,23-/m0/s1. The zero-order valence-electron chi connectivity index (χ0n) is 18.2. The van der Waals surface area contributed by atoms with E-state index in [9.17, 15) is 14.7 Å². The molecule has 0 bridgehead atoms.